The number of nitrogens with zero attached hydrogens (tertiary/aromatic N) is 2. The zero-order valence-electron chi connectivity index (χ0n) is 15.5. The Morgan fingerprint density at radius 2 is 1.00 bits per heavy atom. The van der Waals surface area contributed by atoms with Crippen molar-refractivity contribution in [1.82, 2.24) is 0 Å². The summed E-state index contributed by atoms with van der Waals surface area (Å²) in [5, 5.41) is 8.81. The highest BCUT2D eigenvalue weighted by Crippen LogP contribution is 2.29. The number of benzene rings is 2. The van der Waals surface area contributed by atoms with E-state index in [0.717, 1.165) is 33.6 Å². The Kier molecular flexibility index (Phi) is 4.92. The first-order valence-corrected chi connectivity index (χ1v) is 8.20. The fourth-order valence-electron chi connectivity index (χ4n) is 2.44. The zero-order valence-corrected chi connectivity index (χ0v) is 15.5. The Morgan fingerprint density at radius 1 is 0.667 bits per heavy atom. The molecular formula is C20H28N4. The van der Waals surface area contributed by atoms with E-state index in [1.807, 2.05) is 65.8 Å². The Bertz CT molecular complexity index is 697. The van der Waals surface area contributed by atoms with Crippen LogP contribution < -0.4 is 11.5 Å². The van der Waals surface area contributed by atoms with Gasteiger partial charge < -0.3 is 11.5 Å². The third kappa shape index (κ3) is 4.28. The molecule has 0 aromatic heterocycles. The minimum absolute atomic E-state index is 0.359. The van der Waals surface area contributed by atoms with Crippen LogP contribution in [-0.2, 0) is 11.1 Å². The lowest BCUT2D eigenvalue weighted by atomic mass is 9.94. The highest BCUT2D eigenvalue weighted by molar-refractivity contribution is 5.51. The molecular weight excluding hydrogens is 296 g/mol. The highest BCUT2D eigenvalue weighted by Gasteiger charge is 2.16. The quantitative estimate of drug-likeness (QED) is 0.767. The van der Waals surface area contributed by atoms with E-state index >= 15 is 0 Å². The minimum atomic E-state index is -0.359. The molecule has 0 aliphatic heterocycles. The van der Waals surface area contributed by atoms with Crippen LogP contribution in [0.5, 0.6) is 0 Å². The molecule has 24 heavy (non-hydrogen) atoms. The Labute approximate surface area is 145 Å². The molecule has 0 heterocycles. The van der Waals surface area contributed by atoms with E-state index < -0.39 is 0 Å². The molecule has 0 fully saturated rings. The van der Waals surface area contributed by atoms with Crippen molar-refractivity contribution in [3.05, 3.63) is 58.7 Å². The first kappa shape index (κ1) is 18.3. The summed E-state index contributed by atoms with van der Waals surface area (Å²) in [6.07, 6.45) is 0. The summed E-state index contributed by atoms with van der Waals surface area (Å²) >= 11 is 0. The van der Waals surface area contributed by atoms with Crippen LogP contribution >= 0.6 is 0 Å². The topological polar surface area (TPSA) is 76.8 Å². The van der Waals surface area contributed by atoms with Crippen molar-refractivity contribution in [3.8, 4) is 0 Å². The maximum atomic E-state index is 6.15. The van der Waals surface area contributed by atoms with E-state index in [9.17, 15) is 0 Å². The predicted molar refractivity (Wildman–Crippen MR) is 101 cm³/mol. The van der Waals surface area contributed by atoms with Crippen LogP contribution in [0, 0.1) is 13.8 Å². The van der Waals surface area contributed by atoms with Crippen LogP contribution in [-0.4, -0.2) is 0 Å². The molecule has 0 aliphatic rings. The summed E-state index contributed by atoms with van der Waals surface area (Å²) in [5.41, 5.74) is 17.6. The first-order valence-electron chi connectivity index (χ1n) is 8.20. The molecule has 0 aliphatic carbocycles. The number of nitrogens with two attached hydrogens (primary N) is 2. The second kappa shape index (κ2) is 6.46. The lowest BCUT2D eigenvalue weighted by molar-refractivity contribution is 0.553. The van der Waals surface area contributed by atoms with Crippen LogP contribution in [0.2, 0.25) is 0 Å². The van der Waals surface area contributed by atoms with Crippen LogP contribution in [0.15, 0.2) is 46.6 Å². The molecule has 0 saturated carbocycles. The summed E-state index contributed by atoms with van der Waals surface area (Å²) in [6.45, 7) is 12.0. The number of hydrogen-bond donors (Lipinski definition) is 2. The van der Waals surface area contributed by atoms with E-state index in [1.54, 1.807) is 0 Å². The second-order valence-electron chi connectivity index (χ2n) is 7.65. The molecule has 0 radical (unpaired) electrons. The molecule has 4 nitrogen and oxygen atoms in total. The maximum absolute atomic E-state index is 6.15. The third-order valence-electron chi connectivity index (χ3n) is 4.15. The van der Waals surface area contributed by atoms with Gasteiger partial charge in [-0.1, -0.05) is 24.3 Å². The smallest absolute Gasteiger partial charge is 0.0886 e. The molecule has 128 valence electrons. The van der Waals surface area contributed by atoms with E-state index in [4.69, 9.17) is 11.5 Å². The fourth-order valence-corrected chi connectivity index (χ4v) is 2.44. The summed E-state index contributed by atoms with van der Waals surface area (Å²) in [4.78, 5) is 0. The van der Waals surface area contributed by atoms with Crippen molar-refractivity contribution >= 4 is 11.4 Å². The molecule has 0 unspecified atom stereocenters. The van der Waals surface area contributed by atoms with E-state index in [1.165, 1.54) is 0 Å². The SMILES string of the molecule is Cc1cc(C(C)(C)N)ccc1N=Nc1ccc(C(C)(C)N)cc1C. The van der Waals surface area contributed by atoms with Crippen molar-refractivity contribution in [3.63, 3.8) is 0 Å². The monoisotopic (exact) mass is 324 g/mol. The largest absolute Gasteiger partial charge is 0.322 e. The molecule has 2 aromatic carbocycles. The molecule has 4 N–H and O–H groups in total. The van der Waals surface area contributed by atoms with Crippen LogP contribution in [0.4, 0.5) is 11.4 Å². The van der Waals surface area contributed by atoms with Crippen molar-refractivity contribution in [2.24, 2.45) is 21.7 Å². The van der Waals surface area contributed by atoms with Gasteiger partial charge in [-0.15, -0.1) is 0 Å². The number of rotatable bonds is 4. The number of hydrogen-bond acceptors (Lipinski definition) is 4. The Morgan fingerprint density at radius 3 is 1.25 bits per heavy atom. The fraction of sp³-hybridized carbons (Fsp3) is 0.400. The van der Waals surface area contributed by atoms with Crippen molar-refractivity contribution in [2.45, 2.75) is 52.6 Å². The molecule has 0 bridgehead atoms. The average molecular weight is 324 g/mol. The molecule has 2 aromatic rings. The summed E-state index contributed by atoms with van der Waals surface area (Å²) in [5.74, 6) is 0. The van der Waals surface area contributed by atoms with Crippen LogP contribution in [0.1, 0.15) is 49.9 Å². The first-order chi connectivity index (χ1) is 11.0. The highest BCUT2D eigenvalue weighted by atomic mass is 15.1. The molecule has 0 spiro atoms. The zero-order chi connectivity index (χ0) is 18.1. The lowest BCUT2D eigenvalue weighted by Gasteiger charge is -2.20. The maximum Gasteiger partial charge on any atom is 0.0886 e. The van der Waals surface area contributed by atoms with Crippen molar-refractivity contribution in [2.75, 3.05) is 0 Å². The van der Waals surface area contributed by atoms with E-state index in [2.05, 4.69) is 22.4 Å². The van der Waals surface area contributed by atoms with Gasteiger partial charge in [0, 0.05) is 11.1 Å². The second-order valence-corrected chi connectivity index (χ2v) is 7.65. The van der Waals surface area contributed by atoms with Gasteiger partial charge in [0.15, 0.2) is 0 Å². The predicted octanol–water partition coefficient (Wildman–Crippen LogP) is 5.11. The van der Waals surface area contributed by atoms with Gasteiger partial charge in [-0.25, -0.2) is 0 Å². The van der Waals surface area contributed by atoms with Gasteiger partial charge in [0.25, 0.3) is 0 Å². The molecule has 0 saturated heterocycles. The van der Waals surface area contributed by atoms with Gasteiger partial charge in [0.05, 0.1) is 11.4 Å². The normalized spacial score (nSPS) is 12.8. The minimum Gasteiger partial charge on any atom is -0.322 e. The lowest BCUT2D eigenvalue weighted by Crippen LogP contribution is -2.28. The number of aryl methyl sites for hydroxylation is 2. The van der Waals surface area contributed by atoms with Gasteiger partial charge in [0.1, 0.15) is 0 Å². The molecule has 0 amide bonds. The van der Waals surface area contributed by atoms with Crippen molar-refractivity contribution in [1.29, 1.82) is 0 Å². The van der Waals surface area contributed by atoms with Gasteiger partial charge in [-0.05, 0) is 75.9 Å². The van der Waals surface area contributed by atoms with E-state index in [-0.39, 0.29) is 11.1 Å². The van der Waals surface area contributed by atoms with Gasteiger partial charge >= 0.3 is 0 Å². The van der Waals surface area contributed by atoms with Gasteiger partial charge in [-0.3, -0.25) is 0 Å². The Balaban J connectivity index is 2.29. The van der Waals surface area contributed by atoms with Crippen molar-refractivity contribution < 1.29 is 0 Å². The molecule has 0 atom stereocenters. The van der Waals surface area contributed by atoms with Gasteiger partial charge in [0.2, 0.25) is 0 Å². The summed E-state index contributed by atoms with van der Waals surface area (Å²) in [7, 11) is 0. The van der Waals surface area contributed by atoms with Gasteiger partial charge in [-0.2, -0.15) is 10.2 Å². The number of azo groups is 1. The summed E-state index contributed by atoms with van der Waals surface area (Å²) < 4.78 is 0. The van der Waals surface area contributed by atoms with E-state index in [0.29, 0.717) is 0 Å². The third-order valence-corrected chi connectivity index (χ3v) is 4.15. The van der Waals surface area contributed by atoms with Crippen LogP contribution in [0.3, 0.4) is 0 Å². The standard InChI is InChI=1S/C20H28N4/c1-13-11-15(19(3,4)21)7-9-17(13)23-24-18-10-8-16(12-14(18)2)20(5,6)22/h7-12H,21-22H2,1-6H3. The average Bonchev–Trinajstić information content (AvgIpc) is 2.45. The summed E-state index contributed by atoms with van der Waals surface area (Å²) in [6, 6.07) is 12.1. The Hall–Kier alpha value is -2.04. The van der Waals surface area contributed by atoms with Crippen LogP contribution in [0.25, 0.3) is 0 Å². The molecule has 4 heteroatoms. The molecule has 2 rings (SSSR count).